The molecule has 5 heteroatoms. The summed E-state index contributed by atoms with van der Waals surface area (Å²) in [6.07, 6.45) is 5.60. The van der Waals surface area contributed by atoms with E-state index >= 15 is 0 Å². The highest BCUT2D eigenvalue weighted by Gasteiger charge is 2.66. The molecular weight excluding hydrogens is 356 g/mol. The van der Waals surface area contributed by atoms with E-state index in [2.05, 4.69) is 59.0 Å². The van der Waals surface area contributed by atoms with Gasteiger partial charge in [0.1, 0.15) is 0 Å². The zero-order valence-electron chi connectivity index (χ0n) is 15.8. The van der Waals surface area contributed by atoms with Crippen LogP contribution in [0.25, 0.3) is 6.08 Å². The highest BCUT2D eigenvalue weighted by Crippen LogP contribution is 2.64. The molecule has 3 atom stereocenters. The number of anilines is 1. The molecule has 0 amide bonds. The number of hydrogen-bond acceptors (Lipinski definition) is 3. The summed E-state index contributed by atoms with van der Waals surface area (Å²) in [6, 6.07) is 18.3. The Bertz CT molecular complexity index is 955. The highest BCUT2D eigenvalue weighted by atomic mass is 32.2. The van der Waals surface area contributed by atoms with Crippen molar-refractivity contribution in [2.75, 3.05) is 30.6 Å². The van der Waals surface area contributed by atoms with Gasteiger partial charge in [-0.2, -0.15) is 0 Å². The van der Waals surface area contributed by atoms with Gasteiger partial charge in [-0.1, -0.05) is 61.5 Å². The Morgan fingerprint density at radius 1 is 1.19 bits per heavy atom. The molecule has 0 bridgehead atoms. The molecule has 142 valence electrons. The van der Waals surface area contributed by atoms with Gasteiger partial charge >= 0.3 is 0 Å². The summed E-state index contributed by atoms with van der Waals surface area (Å²) in [5.41, 5.74) is 3.30. The van der Waals surface area contributed by atoms with Crippen LogP contribution < -0.4 is 4.72 Å². The lowest BCUT2D eigenvalue weighted by molar-refractivity contribution is 0.309. The minimum atomic E-state index is -3.26. The largest absolute Gasteiger partial charge is 0.298 e. The molecule has 1 saturated carbocycles. The van der Waals surface area contributed by atoms with Crippen LogP contribution in [-0.2, 0) is 15.4 Å². The van der Waals surface area contributed by atoms with Crippen molar-refractivity contribution in [3.8, 4) is 0 Å². The maximum absolute atomic E-state index is 11.5. The average molecular weight is 383 g/mol. The predicted molar refractivity (Wildman–Crippen MR) is 111 cm³/mol. The van der Waals surface area contributed by atoms with Gasteiger partial charge in [-0.3, -0.25) is 9.62 Å². The van der Waals surface area contributed by atoms with Gasteiger partial charge in [0.2, 0.25) is 10.0 Å². The molecule has 1 heterocycles. The fraction of sp³-hybridized carbons (Fsp3) is 0.364. The quantitative estimate of drug-likeness (QED) is 0.831. The van der Waals surface area contributed by atoms with E-state index in [-0.39, 0.29) is 5.41 Å². The lowest BCUT2D eigenvalue weighted by Gasteiger charge is -2.22. The van der Waals surface area contributed by atoms with E-state index in [0.29, 0.717) is 17.5 Å². The number of nitrogens with one attached hydrogen (secondary N) is 1. The average Bonchev–Trinajstić information content (AvgIpc) is 3.00. The molecular formula is C22H26N2O2S. The van der Waals surface area contributed by atoms with Crippen LogP contribution in [-0.4, -0.2) is 39.2 Å². The molecule has 2 fully saturated rings. The fourth-order valence-corrected chi connectivity index (χ4v) is 5.27. The maximum atomic E-state index is 11.5. The van der Waals surface area contributed by atoms with E-state index in [1.165, 1.54) is 17.4 Å². The Hall–Kier alpha value is -2.11. The number of benzene rings is 2. The van der Waals surface area contributed by atoms with Crippen molar-refractivity contribution in [2.24, 2.45) is 11.8 Å². The lowest BCUT2D eigenvalue weighted by Crippen LogP contribution is -2.29. The van der Waals surface area contributed by atoms with Crippen LogP contribution in [0.15, 0.2) is 60.7 Å². The van der Waals surface area contributed by atoms with Crippen molar-refractivity contribution in [3.63, 3.8) is 0 Å². The number of piperidine rings is 1. The van der Waals surface area contributed by atoms with Gasteiger partial charge in [0.25, 0.3) is 0 Å². The first kappa shape index (κ1) is 18.3. The third-order valence-corrected chi connectivity index (χ3v) is 6.69. The third-order valence-electron chi connectivity index (χ3n) is 6.09. The van der Waals surface area contributed by atoms with Crippen LogP contribution in [0.4, 0.5) is 5.69 Å². The molecule has 3 unspecified atom stereocenters. The number of nitrogens with zero attached hydrogens (tertiary/aromatic N) is 1. The number of hydrogen-bond donors (Lipinski definition) is 1. The number of sulfonamides is 1. The van der Waals surface area contributed by atoms with Gasteiger partial charge in [0.05, 0.1) is 6.26 Å². The summed E-state index contributed by atoms with van der Waals surface area (Å²) in [5.74, 6) is 1.29. The second-order valence-corrected chi connectivity index (χ2v) is 9.65. The summed E-state index contributed by atoms with van der Waals surface area (Å²) in [7, 11) is -3.26. The molecule has 2 aromatic carbocycles. The maximum Gasteiger partial charge on any atom is 0.229 e. The number of fused-ring (bicyclic) bond motifs is 1. The molecule has 27 heavy (non-hydrogen) atoms. The summed E-state index contributed by atoms with van der Waals surface area (Å²) in [5, 5.41) is 0. The fourth-order valence-electron chi connectivity index (χ4n) is 4.72. The molecule has 0 aromatic heterocycles. The first-order valence-electron chi connectivity index (χ1n) is 9.41. The zero-order chi connectivity index (χ0) is 19.1. The van der Waals surface area contributed by atoms with E-state index in [0.717, 1.165) is 19.6 Å². The minimum Gasteiger partial charge on any atom is -0.298 e. The van der Waals surface area contributed by atoms with Gasteiger partial charge < -0.3 is 0 Å². The van der Waals surface area contributed by atoms with Gasteiger partial charge in [-0.15, -0.1) is 0 Å². The SMILES string of the molecule is CC1C2CN(CC=Cc3ccccc3)CC12c1cccc(NS(C)(=O)=O)c1. The Labute approximate surface area is 162 Å². The van der Waals surface area contributed by atoms with Crippen molar-refractivity contribution in [2.45, 2.75) is 12.3 Å². The van der Waals surface area contributed by atoms with Crippen molar-refractivity contribution < 1.29 is 8.42 Å². The Morgan fingerprint density at radius 2 is 1.96 bits per heavy atom. The van der Waals surface area contributed by atoms with E-state index in [4.69, 9.17) is 0 Å². The van der Waals surface area contributed by atoms with Gasteiger partial charge in [0.15, 0.2) is 0 Å². The number of likely N-dealkylation sites (tertiary alicyclic amines) is 1. The predicted octanol–water partition coefficient (Wildman–Crippen LogP) is 3.59. The van der Waals surface area contributed by atoms with E-state index in [1.807, 2.05) is 24.3 Å². The van der Waals surface area contributed by atoms with Crippen molar-refractivity contribution in [3.05, 3.63) is 71.8 Å². The van der Waals surface area contributed by atoms with E-state index in [9.17, 15) is 8.42 Å². The van der Waals surface area contributed by atoms with Gasteiger partial charge in [0, 0.05) is 30.7 Å². The molecule has 1 aliphatic heterocycles. The molecule has 4 rings (SSSR count). The second-order valence-electron chi connectivity index (χ2n) is 7.90. The molecule has 0 radical (unpaired) electrons. The van der Waals surface area contributed by atoms with Crippen LogP contribution in [0, 0.1) is 11.8 Å². The van der Waals surface area contributed by atoms with Crippen LogP contribution in [0.2, 0.25) is 0 Å². The summed E-state index contributed by atoms with van der Waals surface area (Å²) >= 11 is 0. The van der Waals surface area contributed by atoms with Crippen LogP contribution in [0.1, 0.15) is 18.1 Å². The smallest absolute Gasteiger partial charge is 0.229 e. The first-order valence-corrected chi connectivity index (χ1v) is 11.3. The van der Waals surface area contributed by atoms with E-state index < -0.39 is 10.0 Å². The number of rotatable bonds is 6. The molecule has 2 aromatic rings. The highest BCUT2D eigenvalue weighted by molar-refractivity contribution is 7.92. The molecule has 1 aliphatic carbocycles. The Morgan fingerprint density at radius 3 is 2.70 bits per heavy atom. The van der Waals surface area contributed by atoms with Crippen molar-refractivity contribution >= 4 is 21.8 Å². The van der Waals surface area contributed by atoms with Crippen molar-refractivity contribution in [1.29, 1.82) is 0 Å². The van der Waals surface area contributed by atoms with Crippen LogP contribution in [0.5, 0.6) is 0 Å². The first-order chi connectivity index (χ1) is 12.9. The topological polar surface area (TPSA) is 49.4 Å². The second kappa shape index (κ2) is 6.80. The summed E-state index contributed by atoms with van der Waals surface area (Å²) in [6.45, 7) is 5.39. The Balaban J connectivity index is 1.46. The zero-order valence-corrected chi connectivity index (χ0v) is 16.6. The normalized spacial score (nSPS) is 27.6. The molecule has 2 aliphatic rings. The summed E-state index contributed by atoms with van der Waals surface area (Å²) < 4.78 is 25.7. The lowest BCUT2D eigenvalue weighted by atomic mass is 9.92. The summed E-state index contributed by atoms with van der Waals surface area (Å²) in [4.78, 5) is 2.50. The van der Waals surface area contributed by atoms with Crippen LogP contribution >= 0.6 is 0 Å². The van der Waals surface area contributed by atoms with Gasteiger partial charge in [-0.05, 0) is 35.1 Å². The Kier molecular flexibility index (Phi) is 4.60. The molecule has 1 N–H and O–H groups in total. The minimum absolute atomic E-state index is 0.162. The molecule has 0 spiro atoms. The van der Waals surface area contributed by atoms with E-state index in [1.54, 1.807) is 0 Å². The van der Waals surface area contributed by atoms with Crippen LogP contribution in [0.3, 0.4) is 0 Å². The monoisotopic (exact) mass is 382 g/mol. The molecule has 4 nitrogen and oxygen atoms in total. The molecule has 1 saturated heterocycles. The van der Waals surface area contributed by atoms with Gasteiger partial charge in [-0.25, -0.2) is 8.42 Å². The third kappa shape index (κ3) is 3.66. The van der Waals surface area contributed by atoms with Crippen molar-refractivity contribution in [1.82, 2.24) is 4.90 Å². The standard InChI is InChI=1S/C22H26N2O2S/c1-17-21-15-24(13-7-10-18-8-4-3-5-9-18)16-22(17,21)19-11-6-12-20(14-19)23-27(2,25)26/h3-12,14,17,21,23H,13,15-16H2,1-2H3.